The first-order valence-corrected chi connectivity index (χ1v) is 3.48. The van der Waals surface area contributed by atoms with Gasteiger partial charge in [0.25, 0.3) is 5.69 Å². The fraction of sp³-hybridized carbons (Fsp3) is 0. The number of nitrogens with zero attached hydrogens (tertiary/aromatic N) is 1. The van der Waals surface area contributed by atoms with Crippen molar-refractivity contribution < 1.29 is 4.92 Å². The monoisotopic (exact) mass is 187 g/mol. The predicted molar refractivity (Wildman–Crippen MR) is 45.7 cm³/mol. The Morgan fingerprint density at radius 2 is 1.92 bits per heavy atom. The van der Waals surface area contributed by atoms with Crippen molar-refractivity contribution in [2.75, 3.05) is 5.43 Å². The molecule has 0 saturated heterocycles. The van der Waals surface area contributed by atoms with Gasteiger partial charge in [-0.05, 0) is 23.9 Å². The van der Waals surface area contributed by atoms with E-state index in [1.54, 1.807) is 12.1 Å². The molecule has 0 unspecified atom stereocenters. The summed E-state index contributed by atoms with van der Waals surface area (Å²) in [7, 11) is 0. The zero-order chi connectivity index (χ0) is 8.97. The minimum absolute atomic E-state index is 0.0510. The van der Waals surface area contributed by atoms with Crippen molar-refractivity contribution in [1.82, 2.24) is 4.94 Å². The van der Waals surface area contributed by atoms with Crippen LogP contribution >= 0.6 is 11.8 Å². The number of hydrogen-bond donors (Lipinski definition) is 2. The van der Waals surface area contributed by atoms with Crippen LogP contribution in [-0.2, 0) is 0 Å². The van der Waals surface area contributed by atoms with Gasteiger partial charge in [-0.1, -0.05) is 0 Å². The molecule has 2 N–H and O–H groups in total. The van der Waals surface area contributed by atoms with Crippen molar-refractivity contribution in [2.45, 2.75) is 0 Å². The topological polar surface area (TPSA) is 67.2 Å². The molecule has 0 aliphatic heterocycles. The second kappa shape index (κ2) is 3.89. The average molecular weight is 188 g/mol. The normalized spacial score (nSPS) is 9.42. The first kappa shape index (κ1) is 8.76. The maximum Gasteiger partial charge on any atom is 0.269 e. The van der Waals surface area contributed by atoms with Crippen molar-refractivity contribution in [1.29, 1.82) is 0 Å². The van der Waals surface area contributed by atoms with Crippen LogP contribution in [0.2, 0.25) is 0 Å². The van der Waals surface area contributed by atoms with Gasteiger partial charge in [-0.25, -0.2) is 0 Å². The van der Waals surface area contributed by atoms with E-state index in [-0.39, 0.29) is 5.69 Å². The lowest BCUT2D eigenvalue weighted by molar-refractivity contribution is -0.384. The fourth-order valence-electron chi connectivity index (χ4n) is 0.721. The Balaban J connectivity index is 2.78. The summed E-state index contributed by atoms with van der Waals surface area (Å²) in [6.07, 6.45) is 0. The molecule has 0 aliphatic rings. The molecule has 1 aromatic rings. The van der Waals surface area contributed by atoms with E-state index in [4.69, 9.17) is 11.8 Å². The zero-order valence-electron chi connectivity index (χ0n) is 5.95. The molecule has 5 nitrogen and oxygen atoms in total. The van der Waals surface area contributed by atoms with Crippen LogP contribution in [0, 0.1) is 10.1 Å². The molecular formula is C6H6ClN3O2. The van der Waals surface area contributed by atoms with E-state index in [1.165, 1.54) is 12.1 Å². The summed E-state index contributed by atoms with van der Waals surface area (Å²) in [5.74, 6) is 0. The van der Waals surface area contributed by atoms with Crippen LogP contribution in [0.1, 0.15) is 0 Å². The van der Waals surface area contributed by atoms with Gasteiger partial charge in [0.1, 0.15) is 0 Å². The van der Waals surface area contributed by atoms with Gasteiger partial charge in [-0.3, -0.25) is 10.1 Å². The molecule has 0 atom stereocenters. The number of nitrogens with one attached hydrogen (secondary N) is 2. The Labute approximate surface area is 73.6 Å². The summed E-state index contributed by atoms with van der Waals surface area (Å²) in [5.41, 5.74) is 3.28. The molecule has 0 spiro atoms. The summed E-state index contributed by atoms with van der Waals surface area (Å²) in [6, 6.07) is 5.87. The maximum atomic E-state index is 10.2. The summed E-state index contributed by atoms with van der Waals surface area (Å²) in [4.78, 5) is 11.9. The van der Waals surface area contributed by atoms with E-state index in [2.05, 4.69) is 10.4 Å². The van der Waals surface area contributed by atoms with Gasteiger partial charge >= 0.3 is 0 Å². The Bertz CT molecular complexity index is 275. The molecule has 0 saturated carbocycles. The summed E-state index contributed by atoms with van der Waals surface area (Å²) in [5, 5.41) is 10.2. The highest BCUT2D eigenvalue weighted by molar-refractivity contribution is 6.13. The molecule has 0 aliphatic carbocycles. The fourth-order valence-corrected chi connectivity index (χ4v) is 0.830. The maximum absolute atomic E-state index is 10.2. The molecule has 0 fully saturated rings. The standard InChI is InChI=1S/C6H6ClN3O2/c7-9-8-5-1-3-6(4-2-5)10(11)12/h1-4,8-9H. The van der Waals surface area contributed by atoms with Crippen molar-refractivity contribution in [3.8, 4) is 0 Å². The summed E-state index contributed by atoms with van der Waals surface area (Å²) < 4.78 is 0. The van der Waals surface area contributed by atoms with Crippen LogP contribution in [0.3, 0.4) is 0 Å². The quantitative estimate of drug-likeness (QED) is 0.429. The van der Waals surface area contributed by atoms with Gasteiger partial charge in [0.15, 0.2) is 0 Å². The molecule has 1 aromatic carbocycles. The van der Waals surface area contributed by atoms with E-state index in [0.29, 0.717) is 5.69 Å². The minimum Gasteiger partial charge on any atom is -0.308 e. The van der Waals surface area contributed by atoms with Gasteiger partial charge in [-0.15, -0.1) is 4.94 Å². The van der Waals surface area contributed by atoms with Gasteiger partial charge in [0.05, 0.1) is 10.6 Å². The lowest BCUT2D eigenvalue weighted by Crippen LogP contribution is -2.08. The first-order valence-electron chi connectivity index (χ1n) is 3.10. The minimum atomic E-state index is -0.460. The highest BCUT2D eigenvalue weighted by atomic mass is 35.5. The second-order valence-electron chi connectivity index (χ2n) is 2.02. The van der Waals surface area contributed by atoms with Crippen LogP contribution in [-0.4, -0.2) is 4.92 Å². The van der Waals surface area contributed by atoms with Crippen molar-refractivity contribution in [2.24, 2.45) is 0 Å². The Kier molecular flexibility index (Phi) is 2.84. The van der Waals surface area contributed by atoms with Gasteiger partial charge in [0.2, 0.25) is 0 Å². The SMILES string of the molecule is O=[N+]([O-])c1ccc(NNCl)cc1. The van der Waals surface area contributed by atoms with Gasteiger partial charge in [-0.2, -0.15) is 0 Å². The zero-order valence-corrected chi connectivity index (χ0v) is 6.71. The number of hydrazine groups is 1. The summed E-state index contributed by atoms with van der Waals surface area (Å²) in [6.45, 7) is 0. The second-order valence-corrected chi connectivity index (χ2v) is 2.21. The molecule has 6 heteroatoms. The predicted octanol–water partition coefficient (Wildman–Crippen LogP) is 1.67. The Hall–Kier alpha value is -1.33. The molecule has 0 aromatic heterocycles. The largest absolute Gasteiger partial charge is 0.308 e. The van der Waals surface area contributed by atoms with Crippen molar-refractivity contribution in [3.05, 3.63) is 34.4 Å². The van der Waals surface area contributed by atoms with Crippen LogP contribution in [0.4, 0.5) is 11.4 Å². The van der Waals surface area contributed by atoms with E-state index in [1.807, 2.05) is 0 Å². The number of hydrogen-bond acceptors (Lipinski definition) is 4. The Morgan fingerprint density at radius 3 is 2.33 bits per heavy atom. The number of benzene rings is 1. The lowest BCUT2D eigenvalue weighted by Gasteiger charge is -1.99. The average Bonchev–Trinajstić information content (AvgIpc) is 2.06. The smallest absolute Gasteiger partial charge is 0.269 e. The van der Waals surface area contributed by atoms with Crippen molar-refractivity contribution >= 4 is 23.2 Å². The first-order chi connectivity index (χ1) is 5.74. The van der Waals surface area contributed by atoms with E-state index in [9.17, 15) is 10.1 Å². The van der Waals surface area contributed by atoms with E-state index >= 15 is 0 Å². The van der Waals surface area contributed by atoms with Crippen molar-refractivity contribution in [3.63, 3.8) is 0 Å². The molecular weight excluding hydrogens is 182 g/mol. The third-order valence-electron chi connectivity index (χ3n) is 1.27. The number of non-ortho nitro benzene ring substituents is 1. The number of rotatable bonds is 3. The summed E-state index contributed by atoms with van der Waals surface area (Å²) >= 11 is 5.14. The van der Waals surface area contributed by atoms with Crippen LogP contribution < -0.4 is 10.4 Å². The van der Waals surface area contributed by atoms with Crippen LogP contribution in [0.25, 0.3) is 0 Å². The highest BCUT2D eigenvalue weighted by Gasteiger charge is 2.02. The van der Waals surface area contributed by atoms with Gasteiger partial charge < -0.3 is 5.43 Å². The van der Waals surface area contributed by atoms with E-state index < -0.39 is 4.92 Å². The van der Waals surface area contributed by atoms with Gasteiger partial charge in [0, 0.05) is 12.1 Å². The van der Waals surface area contributed by atoms with Crippen LogP contribution in [0.5, 0.6) is 0 Å². The molecule has 64 valence electrons. The number of anilines is 1. The Morgan fingerprint density at radius 1 is 1.33 bits per heavy atom. The van der Waals surface area contributed by atoms with E-state index in [0.717, 1.165) is 0 Å². The number of nitro benzene ring substituents is 1. The van der Waals surface area contributed by atoms with Crippen LogP contribution in [0.15, 0.2) is 24.3 Å². The number of nitro groups is 1. The molecule has 12 heavy (non-hydrogen) atoms. The number of halogens is 1. The molecule has 0 heterocycles. The molecule has 0 bridgehead atoms. The third kappa shape index (κ3) is 2.08. The highest BCUT2D eigenvalue weighted by Crippen LogP contribution is 2.14. The third-order valence-corrected chi connectivity index (χ3v) is 1.36. The molecule has 1 rings (SSSR count). The molecule has 0 radical (unpaired) electrons. The molecule has 0 amide bonds. The lowest BCUT2D eigenvalue weighted by atomic mass is 10.3.